The van der Waals surface area contributed by atoms with Crippen LogP contribution in [0.5, 0.6) is 11.5 Å². The van der Waals surface area contributed by atoms with E-state index in [0.717, 1.165) is 5.56 Å². The highest BCUT2D eigenvalue weighted by Crippen LogP contribution is 2.25. The largest absolute Gasteiger partial charge is 0.496 e. The fourth-order valence-corrected chi connectivity index (χ4v) is 1.88. The number of ether oxygens (including phenoxy) is 1. The molecule has 2 N–H and O–H groups in total. The summed E-state index contributed by atoms with van der Waals surface area (Å²) in [4.78, 5) is 15.5. The molecular formula is C15H15N3O4. The van der Waals surface area contributed by atoms with Gasteiger partial charge in [-0.25, -0.2) is 0 Å². The summed E-state index contributed by atoms with van der Waals surface area (Å²) < 4.78 is 5.24. The van der Waals surface area contributed by atoms with Gasteiger partial charge in [0.25, 0.3) is 5.69 Å². The maximum absolute atomic E-state index is 10.8. The SMILES string of the molecule is COc1ccccc1/C(C)=N\Oc1cc(N)cc([N+](=O)[O-])c1. The van der Waals surface area contributed by atoms with Crippen molar-refractivity contribution in [3.05, 3.63) is 58.1 Å². The number of nitro benzene ring substituents is 1. The number of methoxy groups -OCH3 is 1. The summed E-state index contributed by atoms with van der Waals surface area (Å²) >= 11 is 0. The van der Waals surface area contributed by atoms with Gasteiger partial charge in [0.1, 0.15) is 5.75 Å². The van der Waals surface area contributed by atoms with E-state index in [1.54, 1.807) is 20.1 Å². The quantitative estimate of drug-likeness (QED) is 0.396. The van der Waals surface area contributed by atoms with Gasteiger partial charge in [0.15, 0.2) is 5.75 Å². The van der Waals surface area contributed by atoms with Crippen LogP contribution >= 0.6 is 0 Å². The number of rotatable bonds is 5. The molecule has 0 spiro atoms. The van der Waals surface area contributed by atoms with Crippen molar-refractivity contribution in [2.24, 2.45) is 5.16 Å². The first-order chi connectivity index (χ1) is 10.5. The van der Waals surface area contributed by atoms with Crippen LogP contribution in [-0.4, -0.2) is 17.7 Å². The monoisotopic (exact) mass is 301 g/mol. The van der Waals surface area contributed by atoms with E-state index < -0.39 is 4.92 Å². The highest BCUT2D eigenvalue weighted by Gasteiger charge is 2.10. The Morgan fingerprint density at radius 2 is 2.00 bits per heavy atom. The second-order valence-electron chi connectivity index (χ2n) is 4.49. The molecule has 114 valence electrons. The topological polar surface area (TPSA) is 100.0 Å². The molecule has 0 unspecified atom stereocenters. The van der Waals surface area contributed by atoms with Crippen LogP contribution in [0.4, 0.5) is 11.4 Å². The lowest BCUT2D eigenvalue weighted by atomic mass is 10.1. The Labute approximate surface area is 127 Å². The van der Waals surface area contributed by atoms with Gasteiger partial charge in [0, 0.05) is 23.4 Å². The number of nitrogens with zero attached hydrogens (tertiary/aromatic N) is 2. The highest BCUT2D eigenvalue weighted by molar-refractivity contribution is 6.00. The van der Waals surface area contributed by atoms with E-state index in [4.69, 9.17) is 15.3 Å². The molecule has 0 aromatic heterocycles. The average Bonchev–Trinajstić information content (AvgIpc) is 2.52. The van der Waals surface area contributed by atoms with Gasteiger partial charge in [0.2, 0.25) is 0 Å². The van der Waals surface area contributed by atoms with Crippen LogP contribution < -0.4 is 15.3 Å². The molecule has 7 nitrogen and oxygen atoms in total. The van der Waals surface area contributed by atoms with Crippen molar-refractivity contribution in [3.63, 3.8) is 0 Å². The third kappa shape index (κ3) is 3.51. The second kappa shape index (κ2) is 6.57. The summed E-state index contributed by atoms with van der Waals surface area (Å²) in [5, 5.41) is 14.8. The van der Waals surface area contributed by atoms with Gasteiger partial charge in [-0.15, -0.1) is 0 Å². The van der Waals surface area contributed by atoms with E-state index >= 15 is 0 Å². The normalized spacial score (nSPS) is 11.1. The molecule has 0 saturated heterocycles. The second-order valence-corrected chi connectivity index (χ2v) is 4.49. The molecule has 7 heteroatoms. The molecule has 0 fully saturated rings. The van der Waals surface area contributed by atoms with Crippen molar-refractivity contribution in [2.75, 3.05) is 12.8 Å². The summed E-state index contributed by atoms with van der Waals surface area (Å²) in [5.41, 5.74) is 7.02. The van der Waals surface area contributed by atoms with Crippen molar-refractivity contribution in [1.29, 1.82) is 0 Å². The van der Waals surface area contributed by atoms with Crippen LogP contribution in [0.1, 0.15) is 12.5 Å². The summed E-state index contributed by atoms with van der Waals surface area (Å²) in [6.07, 6.45) is 0. The first kappa shape index (κ1) is 15.3. The van der Waals surface area contributed by atoms with Gasteiger partial charge < -0.3 is 15.3 Å². The van der Waals surface area contributed by atoms with Crippen LogP contribution in [0.3, 0.4) is 0 Å². The maximum Gasteiger partial charge on any atom is 0.275 e. The maximum atomic E-state index is 10.8. The van der Waals surface area contributed by atoms with Gasteiger partial charge in [-0.1, -0.05) is 17.3 Å². The fraction of sp³-hybridized carbons (Fsp3) is 0.133. The van der Waals surface area contributed by atoms with Gasteiger partial charge in [-0.05, 0) is 19.1 Å². The Hall–Kier alpha value is -3.09. The van der Waals surface area contributed by atoms with Crippen LogP contribution in [0, 0.1) is 10.1 Å². The standard InChI is InChI=1S/C15H15N3O4/c1-10(14-5-3-4-6-15(14)21-2)17-22-13-8-11(16)7-12(9-13)18(19)20/h3-9H,16H2,1-2H3/b17-10-. The first-order valence-corrected chi connectivity index (χ1v) is 6.41. The minimum atomic E-state index is -0.542. The van der Waals surface area contributed by atoms with E-state index in [1.165, 1.54) is 18.2 Å². The van der Waals surface area contributed by atoms with Crippen LogP contribution in [0.2, 0.25) is 0 Å². The van der Waals surface area contributed by atoms with Crippen molar-refractivity contribution < 1.29 is 14.5 Å². The number of nitrogen functional groups attached to an aromatic ring is 1. The molecule has 2 aromatic carbocycles. The van der Waals surface area contributed by atoms with E-state index in [0.29, 0.717) is 11.5 Å². The molecule has 0 aliphatic heterocycles. The summed E-state index contributed by atoms with van der Waals surface area (Å²) in [6.45, 7) is 1.75. The molecule has 0 atom stereocenters. The smallest absolute Gasteiger partial charge is 0.275 e. The highest BCUT2D eigenvalue weighted by atomic mass is 16.6. The van der Waals surface area contributed by atoms with Gasteiger partial charge in [0.05, 0.1) is 23.8 Å². The van der Waals surface area contributed by atoms with Gasteiger partial charge in [-0.3, -0.25) is 10.1 Å². The Bertz CT molecular complexity index is 728. The number of nitro groups is 1. The van der Waals surface area contributed by atoms with E-state index in [9.17, 15) is 10.1 Å². The Morgan fingerprint density at radius 1 is 1.27 bits per heavy atom. The number of para-hydroxylation sites is 1. The van der Waals surface area contributed by atoms with Gasteiger partial charge >= 0.3 is 0 Å². The zero-order valence-corrected chi connectivity index (χ0v) is 12.1. The lowest BCUT2D eigenvalue weighted by molar-refractivity contribution is -0.384. The number of nitrogens with two attached hydrogens (primary N) is 1. The predicted molar refractivity (Wildman–Crippen MR) is 83.3 cm³/mol. The molecule has 0 aliphatic carbocycles. The third-order valence-electron chi connectivity index (χ3n) is 2.91. The molecule has 0 aliphatic rings. The van der Waals surface area contributed by atoms with Crippen LogP contribution in [0.25, 0.3) is 0 Å². The molecule has 0 radical (unpaired) electrons. The van der Waals surface area contributed by atoms with E-state index in [1.807, 2.05) is 18.2 Å². The molecule has 0 saturated carbocycles. The average molecular weight is 301 g/mol. The summed E-state index contributed by atoms with van der Waals surface area (Å²) in [5.74, 6) is 0.854. The third-order valence-corrected chi connectivity index (χ3v) is 2.91. The van der Waals surface area contributed by atoms with Crippen molar-refractivity contribution in [3.8, 4) is 11.5 Å². The zero-order chi connectivity index (χ0) is 16.1. The van der Waals surface area contributed by atoms with E-state index in [2.05, 4.69) is 5.16 Å². The molecule has 0 heterocycles. The van der Waals surface area contributed by atoms with Gasteiger partial charge in [-0.2, -0.15) is 0 Å². The molecule has 2 rings (SSSR count). The Balaban J connectivity index is 2.26. The van der Waals surface area contributed by atoms with Crippen LogP contribution in [0.15, 0.2) is 47.6 Å². The Kier molecular flexibility index (Phi) is 4.57. The predicted octanol–water partition coefficient (Wildman–Crippen LogP) is 2.99. The van der Waals surface area contributed by atoms with Crippen molar-refractivity contribution in [2.45, 2.75) is 6.92 Å². The molecule has 0 amide bonds. The molecule has 0 bridgehead atoms. The number of hydrogen-bond donors (Lipinski definition) is 1. The number of non-ortho nitro benzene ring substituents is 1. The minimum Gasteiger partial charge on any atom is -0.496 e. The Morgan fingerprint density at radius 3 is 2.68 bits per heavy atom. The molecule has 2 aromatic rings. The van der Waals surface area contributed by atoms with E-state index in [-0.39, 0.29) is 17.1 Å². The lowest BCUT2D eigenvalue weighted by Crippen LogP contribution is -2.01. The number of hydrogen-bond acceptors (Lipinski definition) is 6. The van der Waals surface area contributed by atoms with Crippen molar-refractivity contribution >= 4 is 17.1 Å². The fourth-order valence-electron chi connectivity index (χ4n) is 1.88. The number of oxime groups is 1. The number of anilines is 1. The molecule has 22 heavy (non-hydrogen) atoms. The minimum absolute atomic E-state index is 0.153. The molecular weight excluding hydrogens is 286 g/mol. The number of benzene rings is 2. The van der Waals surface area contributed by atoms with Crippen molar-refractivity contribution in [1.82, 2.24) is 0 Å². The summed E-state index contributed by atoms with van der Waals surface area (Å²) in [7, 11) is 1.56. The summed E-state index contributed by atoms with van der Waals surface area (Å²) in [6, 6.07) is 11.3. The first-order valence-electron chi connectivity index (χ1n) is 6.41. The van der Waals surface area contributed by atoms with Crippen LogP contribution in [-0.2, 0) is 0 Å². The lowest BCUT2D eigenvalue weighted by Gasteiger charge is -2.07. The zero-order valence-electron chi connectivity index (χ0n) is 12.1.